The minimum absolute atomic E-state index is 0.495. The van der Waals surface area contributed by atoms with E-state index in [2.05, 4.69) is 4.98 Å². The zero-order chi connectivity index (χ0) is 12.1. The molecule has 0 unspecified atom stereocenters. The highest BCUT2D eigenvalue weighted by Crippen LogP contribution is 2.14. The lowest BCUT2D eigenvalue weighted by atomic mass is 10.2. The number of aliphatic hydroxyl groups is 1. The topological polar surface area (TPSA) is 42.4 Å². The summed E-state index contributed by atoms with van der Waals surface area (Å²) in [5, 5.41) is 9.34. The molecule has 1 heterocycles. The molecule has 0 fully saturated rings. The summed E-state index contributed by atoms with van der Waals surface area (Å²) in [7, 11) is 0. The van der Waals surface area contributed by atoms with Crippen molar-refractivity contribution in [3.63, 3.8) is 0 Å². The number of aliphatic hydroxyl groups excluding tert-OH is 1. The Morgan fingerprint density at radius 3 is 2.53 bits per heavy atom. The lowest BCUT2D eigenvalue weighted by Crippen LogP contribution is -1.98. The fourth-order valence-electron chi connectivity index (χ4n) is 1.46. The molecule has 3 nitrogen and oxygen atoms in total. The first kappa shape index (κ1) is 11.6. The SMILES string of the molecule is C[C@H](O)c1ccc(OCc2ccccc2)nc1. The Morgan fingerprint density at radius 1 is 1.18 bits per heavy atom. The van der Waals surface area contributed by atoms with Gasteiger partial charge < -0.3 is 9.84 Å². The first-order valence-corrected chi connectivity index (χ1v) is 5.56. The van der Waals surface area contributed by atoms with Crippen LogP contribution < -0.4 is 4.74 Å². The number of benzene rings is 1. The quantitative estimate of drug-likeness (QED) is 0.876. The Bertz CT molecular complexity index is 451. The number of nitrogens with zero attached hydrogens (tertiary/aromatic N) is 1. The van der Waals surface area contributed by atoms with Crippen molar-refractivity contribution < 1.29 is 9.84 Å². The predicted octanol–water partition coefficient (Wildman–Crippen LogP) is 2.71. The van der Waals surface area contributed by atoms with E-state index in [9.17, 15) is 5.11 Å². The molecule has 0 radical (unpaired) electrons. The molecule has 17 heavy (non-hydrogen) atoms. The highest BCUT2D eigenvalue weighted by atomic mass is 16.5. The number of hydrogen-bond acceptors (Lipinski definition) is 3. The largest absolute Gasteiger partial charge is 0.473 e. The minimum Gasteiger partial charge on any atom is -0.473 e. The third-order valence-electron chi connectivity index (χ3n) is 2.47. The lowest BCUT2D eigenvalue weighted by molar-refractivity contribution is 0.198. The van der Waals surface area contributed by atoms with Crippen LogP contribution in [0.5, 0.6) is 5.88 Å². The Kier molecular flexibility index (Phi) is 3.73. The maximum absolute atomic E-state index is 9.34. The maximum atomic E-state index is 9.34. The van der Waals surface area contributed by atoms with Crippen LogP contribution in [-0.2, 0) is 6.61 Å². The van der Waals surface area contributed by atoms with E-state index in [4.69, 9.17) is 4.74 Å². The number of ether oxygens (including phenoxy) is 1. The fourth-order valence-corrected chi connectivity index (χ4v) is 1.46. The van der Waals surface area contributed by atoms with E-state index in [0.29, 0.717) is 12.5 Å². The second-order valence-electron chi connectivity index (χ2n) is 3.88. The van der Waals surface area contributed by atoms with Crippen LogP contribution in [0.2, 0.25) is 0 Å². The first-order chi connectivity index (χ1) is 8.25. The molecule has 2 rings (SSSR count). The Morgan fingerprint density at radius 2 is 1.94 bits per heavy atom. The maximum Gasteiger partial charge on any atom is 0.213 e. The second kappa shape index (κ2) is 5.46. The van der Waals surface area contributed by atoms with Crippen LogP contribution in [0.3, 0.4) is 0 Å². The minimum atomic E-state index is -0.495. The van der Waals surface area contributed by atoms with Gasteiger partial charge in [-0.25, -0.2) is 4.98 Å². The smallest absolute Gasteiger partial charge is 0.213 e. The fraction of sp³-hybridized carbons (Fsp3) is 0.214. The predicted molar refractivity (Wildman–Crippen MR) is 65.6 cm³/mol. The van der Waals surface area contributed by atoms with Crippen LogP contribution in [0.15, 0.2) is 48.7 Å². The van der Waals surface area contributed by atoms with Crippen molar-refractivity contribution in [1.29, 1.82) is 0 Å². The number of pyridine rings is 1. The molecule has 0 aliphatic heterocycles. The molecule has 0 bridgehead atoms. The van der Waals surface area contributed by atoms with Gasteiger partial charge in [-0.15, -0.1) is 0 Å². The van der Waals surface area contributed by atoms with Crippen LogP contribution >= 0.6 is 0 Å². The highest BCUT2D eigenvalue weighted by Gasteiger charge is 2.02. The van der Waals surface area contributed by atoms with Gasteiger partial charge in [-0.2, -0.15) is 0 Å². The van der Waals surface area contributed by atoms with E-state index in [1.807, 2.05) is 36.4 Å². The lowest BCUT2D eigenvalue weighted by Gasteiger charge is -2.07. The van der Waals surface area contributed by atoms with Crippen LogP contribution in [0, 0.1) is 0 Å². The summed E-state index contributed by atoms with van der Waals surface area (Å²) in [4.78, 5) is 4.13. The third-order valence-corrected chi connectivity index (χ3v) is 2.47. The van der Waals surface area contributed by atoms with Crippen LogP contribution in [0.25, 0.3) is 0 Å². The summed E-state index contributed by atoms with van der Waals surface area (Å²) in [6.45, 7) is 2.21. The van der Waals surface area contributed by atoms with Gasteiger partial charge >= 0.3 is 0 Å². The molecular weight excluding hydrogens is 214 g/mol. The normalized spacial score (nSPS) is 12.1. The molecule has 1 aromatic heterocycles. The van der Waals surface area contributed by atoms with Crippen molar-refractivity contribution in [2.45, 2.75) is 19.6 Å². The van der Waals surface area contributed by atoms with E-state index >= 15 is 0 Å². The van der Waals surface area contributed by atoms with Crippen LogP contribution in [-0.4, -0.2) is 10.1 Å². The van der Waals surface area contributed by atoms with Gasteiger partial charge in [-0.3, -0.25) is 0 Å². The average molecular weight is 229 g/mol. The van der Waals surface area contributed by atoms with Crippen molar-refractivity contribution in [3.8, 4) is 5.88 Å². The zero-order valence-corrected chi connectivity index (χ0v) is 9.71. The summed E-state index contributed by atoms with van der Waals surface area (Å²) < 4.78 is 5.53. The zero-order valence-electron chi connectivity index (χ0n) is 9.71. The summed E-state index contributed by atoms with van der Waals surface area (Å²) in [6.07, 6.45) is 1.14. The number of hydrogen-bond donors (Lipinski definition) is 1. The van der Waals surface area contributed by atoms with E-state index < -0.39 is 6.10 Å². The first-order valence-electron chi connectivity index (χ1n) is 5.56. The van der Waals surface area contributed by atoms with E-state index in [-0.39, 0.29) is 0 Å². The van der Waals surface area contributed by atoms with Crippen molar-refractivity contribution in [3.05, 3.63) is 59.8 Å². The standard InChI is InChI=1S/C14H15NO2/c1-11(16)13-7-8-14(15-9-13)17-10-12-5-3-2-4-6-12/h2-9,11,16H,10H2,1H3/t11-/m0/s1. The number of rotatable bonds is 4. The summed E-state index contributed by atoms with van der Waals surface area (Å²) in [6, 6.07) is 13.5. The van der Waals surface area contributed by atoms with Crippen molar-refractivity contribution in [1.82, 2.24) is 4.98 Å². The summed E-state index contributed by atoms with van der Waals surface area (Å²) in [5.41, 5.74) is 1.89. The van der Waals surface area contributed by atoms with Gasteiger partial charge in [0.2, 0.25) is 5.88 Å². The Labute approximate surface area is 101 Å². The van der Waals surface area contributed by atoms with Gasteiger partial charge in [-0.1, -0.05) is 30.3 Å². The summed E-state index contributed by atoms with van der Waals surface area (Å²) >= 11 is 0. The van der Waals surface area contributed by atoms with Gasteiger partial charge in [0.05, 0.1) is 6.10 Å². The molecule has 2 aromatic rings. The Balaban J connectivity index is 1.96. The molecule has 0 amide bonds. The van der Waals surface area contributed by atoms with E-state index in [1.54, 1.807) is 19.2 Å². The Hall–Kier alpha value is -1.87. The monoisotopic (exact) mass is 229 g/mol. The van der Waals surface area contributed by atoms with Crippen molar-refractivity contribution in [2.24, 2.45) is 0 Å². The molecule has 0 aliphatic rings. The molecule has 1 N–H and O–H groups in total. The van der Waals surface area contributed by atoms with Crippen LogP contribution in [0.1, 0.15) is 24.2 Å². The molecule has 88 valence electrons. The molecular formula is C14H15NO2. The van der Waals surface area contributed by atoms with E-state index in [1.165, 1.54) is 0 Å². The molecule has 0 aliphatic carbocycles. The summed E-state index contributed by atoms with van der Waals surface area (Å²) in [5.74, 6) is 0.568. The molecule has 1 aromatic carbocycles. The van der Waals surface area contributed by atoms with Gasteiger partial charge in [-0.05, 0) is 24.1 Å². The third kappa shape index (κ3) is 3.29. The molecule has 3 heteroatoms. The molecule has 0 saturated carbocycles. The highest BCUT2D eigenvalue weighted by molar-refractivity contribution is 5.20. The van der Waals surface area contributed by atoms with Gasteiger partial charge in [0, 0.05) is 12.3 Å². The van der Waals surface area contributed by atoms with Gasteiger partial charge in [0.1, 0.15) is 6.61 Å². The number of aromatic nitrogens is 1. The van der Waals surface area contributed by atoms with E-state index in [0.717, 1.165) is 11.1 Å². The molecule has 0 saturated heterocycles. The van der Waals surface area contributed by atoms with Crippen LogP contribution in [0.4, 0.5) is 0 Å². The van der Waals surface area contributed by atoms with Crippen molar-refractivity contribution >= 4 is 0 Å². The molecule has 0 spiro atoms. The second-order valence-corrected chi connectivity index (χ2v) is 3.88. The molecule has 1 atom stereocenters. The average Bonchev–Trinajstić information content (AvgIpc) is 2.38. The van der Waals surface area contributed by atoms with Crippen molar-refractivity contribution in [2.75, 3.05) is 0 Å². The van der Waals surface area contributed by atoms with Gasteiger partial charge in [0.15, 0.2) is 0 Å². The van der Waals surface area contributed by atoms with Gasteiger partial charge in [0.25, 0.3) is 0 Å².